The molecule has 0 heterocycles. The van der Waals surface area contributed by atoms with E-state index in [1.165, 1.54) is 5.57 Å². The molecule has 6 unspecified atom stereocenters. The third-order valence-corrected chi connectivity index (χ3v) is 7.20. The van der Waals surface area contributed by atoms with E-state index in [0.717, 1.165) is 6.42 Å². The third kappa shape index (κ3) is 1.13. The molecule has 0 spiro atoms. The summed E-state index contributed by atoms with van der Waals surface area (Å²) in [6.07, 6.45) is 22.2. The van der Waals surface area contributed by atoms with Crippen molar-refractivity contribution in [2.75, 3.05) is 0 Å². The van der Waals surface area contributed by atoms with Crippen molar-refractivity contribution < 1.29 is 5.11 Å². The first-order chi connectivity index (χ1) is 10.3. The Morgan fingerprint density at radius 3 is 2.48 bits per heavy atom. The Morgan fingerprint density at radius 1 is 0.810 bits per heavy atom. The summed E-state index contributed by atoms with van der Waals surface area (Å²) in [5.74, 6) is 4.48. The van der Waals surface area contributed by atoms with Gasteiger partial charge in [0.25, 0.3) is 0 Å². The molecule has 0 aromatic heterocycles. The highest BCUT2D eigenvalue weighted by molar-refractivity contribution is 5.45. The third-order valence-electron chi connectivity index (χ3n) is 7.20. The van der Waals surface area contributed by atoms with Crippen molar-refractivity contribution in [3.05, 3.63) is 60.3 Å². The van der Waals surface area contributed by atoms with Gasteiger partial charge in [-0.05, 0) is 47.5 Å². The van der Waals surface area contributed by atoms with E-state index in [1.807, 2.05) is 0 Å². The molecule has 106 valence electrons. The fourth-order valence-electron chi connectivity index (χ4n) is 6.42. The molecule has 0 amide bonds. The quantitative estimate of drug-likeness (QED) is 0.729. The fourth-order valence-corrected chi connectivity index (χ4v) is 6.42. The van der Waals surface area contributed by atoms with Crippen molar-refractivity contribution in [2.24, 2.45) is 47.3 Å². The minimum atomic E-state index is -0.590. The maximum atomic E-state index is 11.6. The number of hydrogen-bond donors (Lipinski definition) is 1. The van der Waals surface area contributed by atoms with Crippen LogP contribution < -0.4 is 0 Å². The summed E-state index contributed by atoms with van der Waals surface area (Å²) in [5.41, 5.74) is 0.756. The zero-order chi connectivity index (χ0) is 13.8. The molecule has 21 heavy (non-hydrogen) atoms. The van der Waals surface area contributed by atoms with Gasteiger partial charge in [-0.1, -0.05) is 54.7 Å². The smallest absolute Gasteiger partial charge is 0.0934 e. The molecule has 0 bridgehead atoms. The second kappa shape index (κ2) is 3.35. The zero-order valence-corrected chi connectivity index (χ0v) is 12.0. The molecule has 1 fully saturated rings. The zero-order valence-electron chi connectivity index (χ0n) is 12.0. The summed E-state index contributed by atoms with van der Waals surface area (Å²) in [6, 6.07) is 0. The van der Waals surface area contributed by atoms with E-state index in [9.17, 15) is 5.11 Å². The van der Waals surface area contributed by atoms with Gasteiger partial charge in [-0.15, -0.1) is 0 Å². The first kappa shape index (κ1) is 11.3. The second-order valence-electron chi connectivity index (χ2n) is 7.89. The topological polar surface area (TPSA) is 20.2 Å². The maximum absolute atomic E-state index is 11.6. The number of allylic oxidation sites excluding steroid dienone is 8. The van der Waals surface area contributed by atoms with Gasteiger partial charge in [-0.3, -0.25) is 0 Å². The molecule has 0 aliphatic heterocycles. The molecule has 6 aliphatic carbocycles. The first-order valence-corrected chi connectivity index (χ1v) is 8.43. The van der Waals surface area contributed by atoms with Crippen LogP contribution in [0.25, 0.3) is 0 Å². The molecule has 1 heteroatoms. The van der Waals surface area contributed by atoms with Crippen LogP contribution >= 0.6 is 0 Å². The Labute approximate surface area is 125 Å². The Hall–Kier alpha value is -1.34. The lowest BCUT2D eigenvalue weighted by Crippen LogP contribution is -2.38. The average molecular weight is 276 g/mol. The van der Waals surface area contributed by atoms with Crippen LogP contribution in [0.4, 0.5) is 0 Å². The van der Waals surface area contributed by atoms with Crippen molar-refractivity contribution >= 4 is 0 Å². The standard InChI is InChI=1S/C20H20O/c21-20(10-14-4-2-12-6-8-16(20)19(12)14)17-9-13-3-1-11-5-7-15(17)18(11)13/h1-9,11-16,18-19,21H,10H2/t11?,12?,13?,14?,15?,16?,18-,19+,20+/m1/s1. The Bertz CT molecular complexity index is 678. The largest absolute Gasteiger partial charge is 0.385 e. The van der Waals surface area contributed by atoms with Gasteiger partial charge in [0.2, 0.25) is 0 Å². The van der Waals surface area contributed by atoms with Gasteiger partial charge in [0, 0.05) is 11.8 Å². The molecule has 6 rings (SSSR count). The average Bonchev–Trinajstić information content (AvgIpc) is 3.22. The van der Waals surface area contributed by atoms with E-state index >= 15 is 0 Å². The Balaban J connectivity index is 1.47. The summed E-state index contributed by atoms with van der Waals surface area (Å²) < 4.78 is 0. The van der Waals surface area contributed by atoms with E-state index in [2.05, 4.69) is 54.7 Å². The number of hydrogen-bond acceptors (Lipinski definition) is 1. The highest BCUT2D eigenvalue weighted by Gasteiger charge is 2.61. The number of aliphatic hydroxyl groups is 1. The SMILES string of the molecule is O[C@@]1(C2=CC3C=CC4C=CC2[C@H]43)CC2C=CC3C=CC1[C@@H]32. The Morgan fingerprint density at radius 2 is 1.52 bits per heavy atom. The molecular weight excluding hydrogens is 256 g/mol. The Kier molecular flexibility index (Phi) is 1.80. The van der Waals surface area contributed by atoms with E-state index in [0.29, 0.717) is 47.3 Å². The minimum absolute atomic E-state index is 0.337. The van der Waals surface area contributed by atoms with Crippen LogP contribution in [0.1, 0.15) is 6.42 Å². The summed E-state index contributed by atoms with van der Waals surface area (Å²) in [7, 11) is 0. The van der Waals surface area contributed by atoms with Gasteiger partial charge in [-0.25, -0.2) is 0 Å². The van der Waals surface area contributed by atoms with E-state index in [4.69, 9.17) is 0 Å². The van der Waals surface area contributed by atoms with Crippen LogP contribution in [0.15, 0.2) is 60.3 Å². The lowest BCUT2D eigenvalue weighted by atomic mass is 9.75. The normalized spacial score (nSPS) is 60.1. The van der Waals surface area contributed by atoms with Crippen LogP contribution in [0.5, 0.6) is 0 Å². The summed E-state index contributed by atoms with van der Waals surface area (Å²) in [5, 5.41) is 11.6. The van der Waals surface area contributed by atoms with Crippen LogP contribution in [-0.4, -0.2) is 10.7 Å². The van der Waals surface area contributed by atoms with Crippen LogP contribution in [-0.2, 0) is 0 Å². The van der Waals surface area contributed by atoms with E-state index in [1.54, 1.807) is 0 Å². The molecule has 0 radical (unpaired) electrons. The maximum Gasteiger partial charge on any atom is 0.0934 e. The summed E-state index contributed by atoms with van der Waals surface area (Å²) >= 11 is 0. The molecule has 1 nitrogen and oxygen atoms in total. The van der Waals surface area contributed by atoms with Crippen molar-refractivity contribution in [1.29, 1.82) is 0 Å². The van der Waals surface area contributed by atoms with Gasteiger partial charge in [0.05, 0.1) is 5.60 Å². The van der Waals surface area contributed by atoms with Crippen LogP contribution in [0, 0.1) is 47.3 Å². The fraction of sp³-hybridized carbons (Fsp3) is 0.500. The highest BCUT2D eigenvalue weighted by atomic mass is 16.3. The molecule has 1 saturated carbocycles. The molecule has 0 aromatic carbocycles. The van der Waals surface area contributed by atoms with Crippen molar-refractivity contribution in [3.63, 3.8) is 0 Å². The van der Waals surface area contributed by atoms with Gasteiger partial charge < -0.3 is 5.11 Å². The molecule has 0 saturated heterocycles. The molecule has 1 N–H and O–H groups in total. The summed E-state index contributed by atoms with van der Waals surface area (Å²) in [6.45, 7) is 0. The first-order valence-electron chi connectivity index (χ1n) is 8.43. The van der Waals surface area contributed by atoms with Crippen molar-refractivity contribution in [3.8, 4) is 0 Å². The minimum Gasteiger partial charge on any atom is -0.385 e. The lowest BCUT2D eigenvalue weighted by Gasteiger charge is -2.34. The highest BCUT2D eigenvalue weighted by Crippen LogP contribution is 2.63. The summed E-state index contributed by atoms with van der Waals surface area (Å²) in [4.78, 5) is 0. The van der Waals surface area contributed by atoms with Gasteiger partial charge in [0.1, 0.15) is 0 Å². The predicted octanol–water partition coefficient (Wildman–Crippen LogP) is 3.27. The number of rotatable bonds is 1. The second-order valence-corrected chi connectivity index (χ2v) is 7.89. The molecule has 9 atom stereocenters. The van der Waals surface area contributed by atoms with Gasteiger partial charge >= 0.3 is 0 Å². The van der Waals surface area contributed by atoms with Gasteiger partial charge in [0.15, 0.2) is 0 Å². The van der Waals surface area contributed by atoms with Crippen molar-refractivity contribution in [2.45, 2.75) is 12.0 Å². The van der Waals surface area contributed by atoms with Crippen LogP contribution in [0.2, 0.25) is 0 Å². The van der Waals surface area contributed by atoms with E-state index < -0.39 is 5.60 Å². The van der Waals surface area contributed by atoms with E-state index in [-0.39, 0.29) is 0 Å². The molecular formula is C20H20O. The van der Waals surface area contributed by atoms with Crippen LogP contribution in [0.3, 0.4) is 0 Å². The lowest BCUT2D eigenvalue weighted by molar-refractivity contribution is 0.0405. The predicted molar refractivity (Wildman–Crippen MR) is 82.1 cm³/mol. The molecule has 6 aliphatic rings. The van der Waals surface area contributed by atoms with Gasteiger partial charge in [-0.2, -0.15) is 0 Å². The van der Waals surface area contributed by atoms with Crippen molar-refractivity contribution in [1.82, 2.24) is 0 Å². The monoisotopic (exact) mass is 276 g/mol. The molecule has 0 aromatic rings.